The van der Waals surface area contributed by atoms with Crippen LogP contribution in [0.2, 0.25) is 0 Å². The lowest BCUT2D eigenvalue weighted by atomic mass is 10.2. The number of aliphatic hydroxyl groups is 1. The third-order valence-corrected chi connectivity index (χ3v) is 6.88. The van der Waals surface area contributed by atoms with E-state index >= 15 is 0 Å². The predicted octanol–water partition coefficient (Wildman–Crippen LogP) is 4.14. The second-order valence-corrected chi connectivity index (χ2v) is 9.16. The summed E-state index contributed by atoms with van der Waals surface area (Å²) in [5.41, 5.74) is 2.34. The fraction of sp³-hybridized carbons (Fsp3) is 0.292. The molecule has 0 saturated carbocycles. The third-order valence-electron chi connectivity index (χ3n) is 5.75. The number of amides is 2. The molecule has 1 atom stereocenters. The van der Waals surface area contributed by atoms with Crippen molar-refractivity contribution in [1.29, 1.82) is 0 Å². The Morgan fingerprint density at radius 3 is 2.88 bits per heavy atom. The van der Waals surface area contributed by atoms with Crippen molar-refractivity contribution in [3.05, 3.63) is 53.2 Å². The minimum absolute atomic E-state index is 0.0934. The zero-order chi connectivity index (χ0) is 23.1. The van der Waals surface area contributed by atoms with Gasteiger partial charge in [0, 0.05) is 43.0 Å². The van der Waals surface area contributed by atoms with Gasteiger partial charge in [0.25, 0.3) is 5.91 Å². The normalized spacial score (nSPS) is 16.0. The van der Waals surface area contributed by atoms with Crippen LogP contribution in [-0.2, 0) is 0 Å². The minimum Gasteiger partial charge on any atom is -0.456 e. The number of aryl methyl sites for hydroxylation is 1. The van der Waals surface area contributed by atoms with Gasteiger partial charge < -0.3 is 20.1 Å². The molecule has 8 nitrogen and oxygen atoms in total. The lowest BCUT2D eigenvalue weighted by Crippen LogP contribution is -2.28. The monoisotopic (exact) mass is 464 g/mol. The lowest BCUT2D eigenvalue weighted by Gasteiger charge is -2.13. The summed E-state index contributed by atoms with van der Waals surface area (Å²) in [6, 6.07) is 10.9. The van der Waals surface area contributed by atoms with Gasteiger partial charge in [-0.3, -0.25) is 14.3 Å². The summed E-state index contributed by atoms with van der Waals surface area (Å²) < 4.78 is 8.63. The van der Waals surface area contributed by atoms with Gasteiger partial charge in [0.15, 0.2) is 0 Å². The number of carbonyl (C=O) groups is 2. The number of nitrogens with one attached hydrogen (secondary N) is 1. The average Bonchev–Trinajstić information content (AvgIpc) is 3.49. The molecule has 4 heterocycles. The number of carbonyl (C=O) groups excluding carboxylic acids is 2. The number of nitrogens with zero attached hydrogens (tertiary/aromatic N) is 3. The highest BCUT2D eigenvalue weighted by atomic mass is 32.1. The van der Waals surface area contributed by atoms with Crippen LogP contribution in [0.1, 0.15) is 28.7 Å². The van der Waals surface area contributed by atoms with Crippen LogP contribution in [0.25, 0.3) is 21.1 Å². The Morgan fingerprint density at radius 2 is 2.12 bits per heavy atom. The van der Waals surface area contributed by atoms with E-state index in [-0.39, 0.29) is 11.9 Å². The van der Waals surface area contributed by atoms with E-state index in [0.717, 1.165) is 21.3 Å². The lowest BCUT2D eigenvalue weighted by molar-refractivity contribution is 0.0769. The zero-order valence-electron chi connectivity index (χ0n) is 18.4. The first-order valence-corrected chi connectivity index (χ1v) is 11.7. The molecule has 33 heavy (non-hydrogen) atoms. The summed E-state index contributed by atoms with van der Waals surface area (Å²) in [4.78, 5) is 31.9. The number of aromatic nitrogens is 2. The van der Waals surface area contributed by atoms with E-state index in [4.69, 9.17) is 4.74 Å². The number of aliphatic hydroxyl groups excluding tert-OH is 1. The van der Waals surface area contributed by atoms with Gasteiger partial charge in [-0.05, 0) is 50.6 Å². The number of ether oxygens (including phenoxy) is 1. The van der Waals surface area contributed by atoms with E-state index in [2.05, 4.69) is 10.3 Å². The number of pyridine rings is 1. The average molecular weight is 465 g/mol. The number of fused-ring (bicyclic) bond motifs is 2. The number of hydrogen-bond donors (Lipinski definition) is 2. The van der Waals surface area contributed by atoms with E-state index in [1.54, 1.807) is 27.8 Å². The standard InChI is InChI=1S/C24H24N4O4S/c1-3-25-24(31)28-14(2)10-15-11-17(4-5-19(15)28)32-20-6-8-26-18-12-21(33-22(18)20)23(30)27-9-7-16(29)13-27/h4-6,8,10-12,16,29H,3,7,9,13H2,1-2H3,(H,25,31). The van der Waals surface area contributed by atoms with Crippen LogP contribution in [0, 0.1) is 6.92 Å². The second kappa shape index (κ2) is 8.49. The topological polar surface area (TPSA) is 96.7 Å². The Balaban J connectivity index is 1.45. The number of β-amino-alcohol motifs (C(OH)–C–C–N with tert-alkyl or cyclic N) is 1. The molecule has 0 spiro atoms. The van der Waals surface area contributed by atoms with Gasteiger partial charge >= 0.3 is 6.03 Å². The van der Waals surface area contributed by atoms with Crippen LogP contribution in [0.3, 0.4) is 0 Å². The molecule has 2 N–H and O–H groups in total. The van der Waals surface area contributed by atoms with Crippen LogP contribution in [-0.4, -0.2) is 57.2 Å². The van der Waals surface area contributed by atoms with E-state index in [1.165, 1.54) is 11.3 Å². The van der Waals surface area contributed by atoms with Crippen molar-refractivity contribution in [1.82, 2.24) is 19.8 Å². The number of thiophene rings is 1. The molecule has 0 aliphatic carbocycles. The molecule has 3 aromatic heterocycles. The second-order valence-electron chi connectivity index (χ2n) is 8.11. The molecular formula is C24H24N4O4S. The Hall–Kier alpha value is -3.43. The van der Waals surface area contributed by atoms with E-state index in [9.17, 15) is 14.7 Å². The van der Waals surface area contributed by atoms with Crippen molar-refractivity contribution in [2.24, 2.45) is 0 Å². The molecule has 1 aliphatic heterocycles. The molecule has 4 aromatic rings. The fourth-order valence-electron chi connectivity index (χ4n) is 4.20. The highest BCUT2D eigenvalue weighted by Gasteiger charge is 2.27. The highest BCUT2D eigenvalue weighted by molar-refractivity contribution is 7.21. The first-order chi connectivity index (χ1) is 15.9. The first-order valence-electron chi connectivity index (χ1n) is 10.9. The van der Waals surface area contributed by atoms with Crippen molar-refractivity contribution in [3.8, 4) is 11.5 Å². The van der Waals surface area contributed by atoms with E-state index < -0.39 is 6.10 Å². The summed E-state index contributed by atoms with van der Waals surface area (Å²) >= 11 is 1.34. The molecule has 1 fully saturated rings. The summed E-state index contributed by atoms with van der Waals surface area (Å²) in [6.45, 7) is 5.25. The van der Waals surface area contributed by atoms with Crippen molar-refractivity contribution in [2.75, 3.05) is 19.6 Å². The third kappa shape index (κ3) is 3.94. The van der Waals surface area contributed by atoms with Crippen molar-refractivity contribution in [3.63, 3.8) is 0 Å². The smallest absolute Gasteiger partial charge is 0.326 e. The van der Waals surface area contributed by atoms with Crippen LogP contribution >= 0.6 is 11.3 Å². The van der Waals surface area contributed by atoms with Gasteiger partial charge in [0.1, 0.15) is 11.5 Å². The van der Waals surface area contributed by atoms with Gasteiger partial charge in [-0.1, -0.05) is 0 Å². The molecule has 0 bridgehead atoms. The van der Waals surface area contributed by atoms with Crippen LogP contribution < -0.4 is 10.1 Å². The largest absolute Gasteiger partial charge is 0.456 e. The van der Waals surface area contributed by atoms with Crippen LogP contribution in [0.5, 0.6) is 11.5 Å². The van der Waals surface area contributed by atoms with Crippen LogP contribution in [0.15, 0.2) is 42.6 Å². The molecule has 9 heteroatoms. The Bertz CT molecular complexity index is 1380. The SMILES string of the molecule is CCNC(=O)n1c(C)cc2cc(Oc3ccnc4cc(C(=O)N5CCC(O)C5)sc34)ccc21. The maximum atomic E-state index is 12.8. The van der Waals surface area contributed by atoms with E-state index in [1.807, 2.05) is 38.1 Å². The predicted molar refractivity (Wildman–Crippen MR) is 127 cm³/mol. The summed E-state index contributed by atoms with van der Waals surface area (Å²) in [6.07, 6.45) is 1.81. The van der Waals surface area contributed by atoms with E-state index in [0.29, 0.717) is 47.9 Å². The van der Waals surface area contributed by atoms with Gasteiger partial charge in [0.05, 0.1) is 26.7 Å². The molecule has 1 aromatic carbocycles. The summed E-state index contributed by atoms with van der Waals surface area (Å²) in [5.74, 6) is 1.15. The maximum absolute atomic E-state index is 12.8. The molecule has 1 aliphatic rings. The Labute approximate surface area is 194 Å². The van der Waals surface area contributed by atoms with Crippen molar-refractivity contribution < 1.29 is 19.4 Å². The number of benzene rings is 1. The zero-order valence-corrected chi connectivity index (χ0v) is 19.2. The Kier molecular flexibility index (Phi) is 5.51. The quantitative estimate of drug-likeness (QED) is 0.473. The first kappa shape index (κ1) is 21.4. The summed E-state index contributed by atoms with van der Waals surface area (Å²) in [5, 5.41) is 13.5. The van der Waals surface area contributed by atoms with Gasteiger partial charge in [0.2, 0.25) is 0 Å². The Morgan fingerprint density at radius 1 is 1.27 bits per heavy atom. The fourth-order valence-corrected chi connectivity index (χ4v) is 5.24. The molecule has 170 valence electrons. The minimum atomic E-state index is -0.457. The molecule has 1 saturated heterocycles. The molecule has 5 rings (SSSR count). The van der Waals surface area contributed by atoms with Gasteiger partial charge in [-0.25, -0.2) is 4.79 Å². The molecule has 0 radical (unpaired) electrons. The number of rotatable bonds is 4. The highest BCUT2D eigenvalue weighted by Crippen LogP contribution is 2.36. The van der Waals surface area contributed by atoms with Crippen molar-refractivity contribution >= 4 is 44.4 Å². The molecular weight excluding hydrogens is 440 g/mol. The maximum Gasteiger partial charge on any atom is 0.326 e. The van der Waals surface area contributed by atoms with Crippen molar-refractivity contribution in [2.45, 2.75) is 26.4 Å². The summed E-state index contributed by atoms with van der Waals surface area (Å²) in [7, 11) is 0. The number of likely N-dealkylation sites (tertiary alicyclic amines) is 1. The van der Waals surface area contributed by atoms with Gasteiger partial charge in [-0.15, -0.1) is 11.3 Å². The van der Waals surface area contributed by atoms with Gasteiger partial charge in [-0.2, -0.15) is 0 Å². The number of hydrogen-bond acceptors (Lipinski definition) is 6. The van der Waals surface area contributed by atoms with Crippen LogP contribution in [0.4, 0.5) is 4.79 Å². The molecule has 2 amide bonds. The molecule has 1 unspecified atom stereocenters.